The maximum absolute atomic E-state index is 13.0. The lowest BCUT2D eigenvalue weighted by molar-refractivity contribution is 0.0929. The maximum atomic E-state index is 13.0. The average Bonchev–Trinajstić information content (AvgIpc) is 2.74. The lowest BCUT2D eigenvalue weighted by Crippen LogP contribution is -2.45. The molecule has 2 N–H and O–H groups in total. The van der Waals surface area contributed by atoms with Crippen LogP contribution >= 0.6 is 0 Å². The molecule has 1 aliphatic rings. The standard InChI is InChI=1S/C24H30FN3O2/c1-17(2)11-14-26-24(30)21-5-3-4-6-22(21)28-15-12-20(13-16-28)27-23(29)18-7-9-19(25)10-8-18/h3-10,17,20H,11-16H2,1-2H3,(H,26,30)(H,27,29). The minimum absolute atomic E-state index is 0.0435. The normalized spacial score (nSPS) is 14.6. The van der Waals surface area contributed by atoms with Crippen LogP contribution in [0.25, 0.3) is 0 Å². The zero-order valence-corrected chi connectivity index (χ0v) is 17.7. The van der Waals surface area contributed by atoms with E-state index in [9.17, 15) is 14.0 Å². The fourth-order valence-electron chi connectivity index (χ4n) is 3.65. The van der Waals surface area contributed by atoms with Crippen molar-refractivity contribution in [1.29, 1.82) is 0 Å². The molecule has 2 aromatic carbocycles. The van der Waals surface area contributed by atoms with Crippen molar-refractivity contribution in [2.75, 3.05) is 24.5 Å². The molecular formula is C24H30FN3O2. The van der Waals surface area contributed by atoms with E-state index < -0.39 is 0 Å². The van der Waals surface area contributed by atoms with Crippen molar-refractivity contribution in [3.63, 3.8) is 0 Å². The second-order valence-corrected chi connectivity index (χ2v) is 8.20. The molecule has 2 amide bonds. The van der Waals surface area contributed by atoms with Crippen LogP contribution in [0.15, 0.2) is 48.5 Å². The van der Waals surface area contributed by atoms with E-state index >= 15 is 0 Å². The van der Waals surface area contributed by atoms with Gasteiger partial charge in [0.25, 0.3) is 11.8 Å². The summed E-state index contributed by atoms with van der Waals surface area (Å²) in [5.41, 5.74) is 2.08. The molecule has 5 nitrogen and oxygen atoms in total. The van der Waals surface area contributed by atoms with Crippen LogP contribution in [0.5, 0.6) is 0 Å². The third-order valence-corrected chi connectivity index (χ3v) is 5.43. The topological polar surface area (TPSA) is 61.4 Å². The number of hydrogen-bond acceptors (Lipinski definition) is 3. The second kappa shape index (κ2) is 10.2. The van der Waals surface area contributed by atoms with E-state index in [-0.39, 0.29) is 23.7 Å². The van der Waals surface area contributed by atoms with Gasteiger partial charge in [0, 0.05) is 36.9 Å². The van der Waals surface area contributed by atoms with Crippen molar-refractivity contribution in [3.8, 4) is 0 Å². The summed E-state index contributed by atoms with van der Waals surface area (Å²) >= 11 is 0. The number of nitrogens with zero attached hydrogens (tertiary/aromatic N) is 1. The first kappa shape index (κ1) is 21.8. The van der Waals surface area contributed by atoms with E-state index in [0.717, 1.165) is 38.0 Å². The number of anilines is 1. The Bertz CT molecular complexity index is 859. The van der Waals surface area contributed by atoms with Gasteiger partial charge in [0.15, 0.2) is 0 Å². The first-order valence-electron chi connectivity index (χ1n) is 10.6. The lowest BCUT2D eigenvalue weighted by atomic mass is 10.0. The molecule has 0 aliphatic carbocycles. The van der Waals surface area contributed by atoms with E-state index in [2.05, 4.69) is 29.4 Å². The highest BCUT2D eigenvalue weighted by Gasteiger charge is 2.24. The SMILES string of the molecule is CC(C)CCNC(=O)c1ccccc1N1CCC(NC(=O)c2ccc(F)cc2)CC1. The van der Waals surface area contributed by atoms with E-state index in [1.165, 1.54) is 24.3 Å². The van der Waals surface area contributed by atoms with Crippen molar-refractivity contribution in [1.82, 2.24) is 10.6 Å². The first-order chi connectivity index (χ1) is 14.4. The van der Waals surface area contributed by atoms with Crippen LogP contribution in [-0.4, -0.2) is 37.5 Å². The molecule has 1 aliphatic heterocycles. The molecule has 0 saturated carbocycles. The predicted molar refractivity (Wildman–Crippen MR) is 117 cm³/mol. The van der Waals surface area contributed by atoms with Crippen molar-refractivity contribution >= 4 is 17.5 Å². The number of halogens is 1. The summed E-state index contributed by atoms with van der Waals surface area (Å²) in [6, 6.07) is 13.3. The van der Waals surface area contributed by atoms with Crippen LogP contribution in [0.2, 0.25) is 0 Å². The highest BCUT2D eigenvalue weighted by molar-refractivity contribution is 5.99. The molecule has 0 aromatic heterocycles. The zero-order valence-electron chi connectivity index (χ0n) is 17.7. The van der Waals surface area contributed by atoms with E-state index in [4.69, 9.17) is 0 Å². The molecule has 2 aromatic rings. The molecule has 160 valence electrons. The Morgan fingerprint density at radius 1 is 1.03 bits per heavy atom. The molecule has 1 heterocycles. The number of hydrogen-bond donors (Lipinski definition) is 2. The molecule has 3 rings (SSSR count). The number of carbonyl (C=O) groups is 2. The maximum Gasteiger partial charge on any atom is 0.253 e. The summed E-state index contributed by atoms with van der Waals surface area (Å²) in [4.78, 5) is 27.2. The van der Waals surface area contributed by atoms with E-state index in [1.54, 1.807) is 0 Å². The van der Waals surface area contributed by atoms with Crippen LogP contribution in [0.1, 0.15) is 53.8 Å². The third-order valence-electron chi connectivity index (χ3n) is 5.43. The van der Waals surface area contributed by atoms with Gasteiger partial charge in [-0.3, -0.25) is 9.59 Å². The molecule has 6 heteroatoms. The highest BCUT2D eigenvalue weighted by Crippen LogP contribution is 2.24. The van der Waals surface area contributed by atoms with Gasteiger partial charge in [-0.2, -0.15) is 0 Å². The molecule has 0 unspecified atom stereocenters. The number of rotatable bonds is 7. The lowest BCUT2D eigenvalue weighted by Gasteiger charge is -2.35. The van der Waals surface area contributed by atoms with Crippen molar-refractivity contribution in [3.05, 3.63) is 65.5 Å². The number of amides is 2. The van der Waals surface area contributed by atoms with Crippen LogP contribution in [0.4, 0.5) is 10.1 Å². The summed E-state index contributed by atoms with van der Waals surface area (Å²) in [5, 5.41) is 6.05. The summed E-state index contributed by atoms with van der Waals surface area (Å²) < 4.78 is 13.0. The molecule has 1 saturated heterocycles. The van der Waals surface area contributed by atoms with Crippen molar-refractivity contribution < 1.29 is 14.0 Å². The summed E-state index contributed by atoms with van der Waals surface area (Å²) in [6.45, 7) is 6.45. The monoisotopic (exact) mass is 411 g/mol. The predicted octanol–water partition coefficient (Wildman–Crippen LogP) is 4.00. The van der Waals surface area contributed by atoms with Gasteiger partial charge in [-0.1, -0.05) is 26.0 Å². The smallest absolute Gasteiger partial charge is 0.253 e. The van der Waals surface area contributed by atoms with Crippen molar-refractivity contribution in [2.24, 2.45) is 5.92 Å². The first-order valence-corrected chi connectivity index (χ1v) is 10.6. The van der Waals surface area contributed by atoms with Gasteiger partial charge in [-0.25, -0.2) is 4.39 Å². The molecule has 0 radical (unpaired) electrons. The van der Waals surface area contributed by atoms with Gasteiger partial charge in [-0.05, 0) is 61.6 Å². The Kier molecular flexibility index (Phi) is 7.44. The van der Waals surface area contributed by atoms with E-state index in [0.29, 0.717) is 23.6 Å². The molecule has 30 heavy (non-hydrogen) atoms. The molecular weight excluding hydrogens is 381 g/mol. The minimum Gasteiger partial charge on any atom is -0.371 e. The Morgan fingerprint density at radius 2 is 1.70 bits per heavy atom. The Balaban J connectivity index is 1.56. The number of benzene rings is 2. The third kappa shape index (κ3) is 5.81. The Labute approximate surface area is 177 Å². The fraction of sp³-hybridized carbons (Fsp3) is 0.417. The van der Waals surface area contributed by atoms with Gasteiger partial charge >= 0.3 is 0 Å². The van der Waals surface area contributed by atoms with Gasteiger partial charge < -0.3 is 15.5 Å². The number of piperidine rings is 1. The van der Waals surface area contributed by atoms with Gasteiger partial charge in [0.1, 0.15) is 5.82 Å². The molecule has 0 spiro atoms. The van der Waals surface area contributed by atoms with Gasteiger partial charge in [-0.15, -0.1) is 0 Å². The van der Waals surface area contributed by atoms with Gasteiger partial charge in [0.05, 0.1) is 5.56 Å². The minimum atomic E-state index is -0.355. The summed E-state index contributed by atoms with van der Waals surface area (Å²) in [5.74, 6) is -0.0344. The number of carbonyl (C=O) groups excluding carboxylic acids is 2. The number of para-hydroxylation sites is 1. The van der Waals surface area contributed by atoms with Crippen LogP contribution in [-0.2, 0) is 0 Å². The van der Waals surface area contributed by atoms with Crippen LogP contribution in [0.3, 0.4) is 0 Å². The zero-order chi connectivity index (χ0) is 21.5. The average molecular weight is 412 g/mol. The fourth-order valence-corrected chi connectivity index (χ4v) is 3.65. The molecule has 1 fully saturated rings. The largest absolute Gasteiger partial charge is 0.371 e. The van der Waals surface area contributed by atoms with Crippen molar-refractivity contribution in [2.45, 2.75) is 39.2 Å². The summed E-state index contributed by atoms with van der Waals surface area (Å²) in [7, 11) is 0. The molecule has 0 bridgehead atoms. The van der Waals surface area contributed by atoms with E-state index in [1.807, 2.05) is 24.3 Å². The van der Waals surface area contributed by atoms with Gasteiger partial charge in [0.2, 0.25) is 0 Å². The van der Waals surface area contributed by atoms with Crippen LogP contribution in [0, 0.1) is 11.7 Å². The summed E-state index contributed by atoms with van der Waals surface area (Å²) in [6.07, 6.45) is 2.53. The highest BCUT2D eigenvalue weighted by atomic mass is 19.1. The van der Waals surface area contributed by atoms with Crippen LogP contribution < -0.4 is 15.5 Å². The quantitative estimate of drug-likeness (QED) is 0.724. The Morgan fingerprint density at radius 3 is 2.37 bits per heavy atom. The number of nitrogens with one attached hydrogen (secondary N) is 2. The second-order valence-electron chi connectivity index (χ2n) is 8.20. The Hall–Kier alpha value is -2.89. The molecule has 0 atom stereocenters.